The van der Waals surface area contributed by atoms with E-state index in [9.17, 15) is 9.59 Å². The first-order valence-corrected chi connectivity index (χ1v) is 18.9. The zero-order valence-corrected chi connectivity index (χ0v) is 31.4. The van der Waals surface area contributed by atoms with Crippen molar-refractivity contribution in [3.05, 3.63) is 100 Å². The predicted molar refractivity (Wildman–Crippen MR) is 213 cm³/mol. The topological polar surface area (TPSA) is 114 Å². The lowest BCUT2D eigenvalue weighted by molar-refractivity contribution is 0.0809. The number of ether oxygens (including phenoxy) is 4. The molecule has 0 spiro atoms. The third-order valence-electron chi connectivity index (χ3n) is 9.78. The van der Waals surface area contributed by atoms with Gasteiger partial charge in [0.25, 0.3) is 11.8 Å². The maximum absolute atomic E-state index is 13.8. The number of hydrogen-bond acceptors (Lipinski definition) is 10. The molecule has 8 rings (SSSR count). The van der Waals surface area contributed by atoms with Crippen LogP contribution in [0.2, 0.25) is 0 Å². The molecule has 3 aromatic carbocycles. The SMILES string of the molecule is COc1cc2c(cc1OCCCOc1cc3c(cc1OC)C(=O)N1C=C(c4cccs4)CC1C=N3)N=CC1CC(c3ccc(NC(C)C)cc3)=CN1C2=O. The van der Waals surface area contributed by atoms with Gasteiger partial charge in [-0.05, 0) is 66.3 Å². The van der Waals surface area contributed by atoms with Gasteiger partial charge in [-0.1, -0.05) is 18.2 Å². The van der Waals surface area contributed by atoms with Crippen LogP contribution in [0.5, 0.6) is 23.0 Å². The third kappa shape index (κ3) is 6.84. The fourth-order valence-corrected chi connectivity index (χ4v) is 7.86. The number of nitrogens with one attached hydrogen (secondary N) is 1. The average molecular weight is 744 g/mol. The minimum absolute atomic E-state index is 0.125. The van der Waals surface area contributed by atoms with Crippen LogP contribution in [0.1, 0.15) is 64.3 Å². The number of benzene rings is 3. The summed E-state index contributed by atoms with van der Waals surface area (Å²) in [6.45, 7) is 4.85. The van der Waals surface area contributed by atoms with Crippen molar-refractivity contribution in [2.45, 2.75) is 51.2 Å². The van der Waals surface area contributed by atoms with Crippen molar-refractivity contribution in [1.29, 1.82) is 0 Å². The van der Waals surface area contributed by atoms with Crippen molar-refractivity contribution in [2.24, 2.45) is 9.98 Å². The molecule has 4 aliphatic heterocycles. The number of rotatable bonds is 12. The molecular formula is C42H41N5O6S. The molecule has 54 heavy (non-hydrogen) atoms. The van der Waals surface area contributed by atoms with Crippen molar-refractivity contribution in [3.8, 4) is 23.0 Å². The Kier molecular flexibility index (Phi) is 9.68. The van der Waals surface area contributed by atoms with Gasteiger partial charge in [-0.15, -0.1) is 11.3 Å². The van der Waals surface area contributed by atoms with Gasteiger partial charge < -0.3 is 34.1 Å². The van der Waals surface area contributed by atoms with E-state index < -0.39 is 0 Å². The summed E-state index contributed by atoms with van der Waals surface area (Å²) in [6.07, 6.45) is 9.45. The number of thiophene rings is 1. The van der Waals surface area contributed by atoms with E-state index in [-0.39, 0.29) is 23.9 Å². The summed E-state index contributed by atoms with van der Waals surface area (Å²) in [5.41, 5.74) is 6.33. The highest BCUT2D eigenvalue weighted by atomic mass is 32.1. The summed E-state index contributed by atoms with van der Waals surface area (Å²) >= 11 is 1.66. The van der Waals surface area contributed by atoms with Crippen LogP contribution in [0.4, 0.5) is 17.1 Å². The molecule has 12 heteroatoms. The molecule has 276 valence electrons. The average Bonchev–Trinajstić information content (AvgIpc) is 3.93. The number of anilines is 1. The monoisotopic (exact) mass is 743 g/mol. The maximum Gasteiger partial charge on any atom is 0.260 e. The fourth-order valence-electron chi connectivity index (χ4n) is 7.11. The van der Waals surface area contributed by atoms with Crippen molar-refractivity contribution >= 4 is 63.8 Å². The zero-order chi connectivity index (χ0) is 37.3. The molecule has 0 saturated carbocycles. The largest absolute Gasteiger partial charge is 0.493 e. The highest BCUT2D eigenvalue weighted by Gasteiger charge is 2.35. The number of amides is 2. The molecule has 0 fully saturated rings. The number of hydrogen-bond donors (Lipinski definition) is 1. The van der Waals surface area contributed by atoms with Crippen LogP contribution in [0.3, 0.4) is 0 Å². The van der Waals surface area contributed by atoms with E-state index in [4.69, 9.17) is 28.9 Å². The maximum atomic E-state index is 13.8. The quantitative estimate of drug-likeness (QED) is 0.145. The molecule has 4 aliphatic rings. The van der Waals surface area contributed by atoms with E-state index in [2.05, 4.69) is 49.5 Å². The van der Waals surface area contributed by atoms with Gasteiger partial charge in [0.1, 0.15) is 0 Å². The van der Waals surface area contributed by atoms with Crippen LogP contribution in [-0.4, -0.2) is 79.6 Å². The second kappa shape index (κ2) is 14.9. The highest BCUT2D eigenvalue weighted by Crippen LogP contribution is 2.42. The number of methoxy groups -OCH3 is 2. The van der Waals surface area contributed by atoms with Gasteiger partial charge in [-0.2, -0.15) is 0 Å². The van der Waals surface area contributed by atoms with Gasteiger partial charge in [-0.25, -0.2) is 0 Å². The summed E-state index contributed by atoms with van der Waals surface area (Å²) in [5.74, 6) is 1.61. The molecule has 2 atom stereocenters. The van der Waals surface area contributed by atoms with E-state index in [1.54, 1.807) is 59.6 Å². The van der Waals surface area contributed by atoms with Gasteiger partial charge in [0.2, 0.25) is 0 Å². The second-order valence-electron chi connectivity index (χ2n) is 13.8. The third-order valence-corrected chi connectivity index (χ3v) is 10.7. The smallest absolute Gasteiger partial charge is 0.260 e. The molecular weight excluding hydrogens is 703 g/mol. The Labute approximate surface area is 318 Å². The summed E-state index contributed by atoms with van der Waals surface area (Å²) in [4.78, 5) is 41.5. The standard InChI is InChI=1S/C42H41N5O6S/c1-25(2)45-29-10-8-26(9-11-29)27-15-30-21-43-34-19-38(36(50-3)17-32(34)41(48)46(30)23-27)52-12-6-13-53-39-20-35-33(18-37(39)51-4)42(49)47-24-28(16-31(47)22-44-35)40-7-5-14-54-40/h5,7-11,14,17-25,30-31,45H,6,12-13,15-16H2,1-4H3. The molecule has 2 amide bonds. The van der Waals surface area contributed by atoms with Crippen molar-refractivity contribution in [2.75, 3.05) is 32.8 Å². The van der Waals surface area contributed by atoms with Crippen LogP contribution < -0.4 is 24.3 Å². The van der Waals surface area contributed by atoms with Crippen molar-refractivity contribution in [3.63, 3.8) is 0 Å². The van der Waals surface area contributed by atoms with E-state index in [1.807, 2.05) is 36.3 Å². The number of fused-ring (bicyclic) bond motifs is 4. The number of carbonyl (C=O) groups excluding carboxylic acids is 2. The Bertz CT molecular complexity index is 2210. The fraction of sp³-hybridized carbons (Fsp3) is 0.286. The molecule has 0 radical (unpaired) electrons. The van der Waals surface area contributed by atoms with Crippen molar-refractivity contribution < 1.29 is 28.5 Å². The van der Waals surface area contributed by atoms with Crippen LogP contribution >= 0.6 is 11.3 Å². The Balaban J connectivity index is 0.904. The number of nitrogens with zero attached hydrogens (tertiary/aromatic N) is 4. The van der Waals surface area contributed by atoms with Crippen LogP contribution in [0, 0.1) is 0 Å². The molecule has 5 heterocycles. The van der Waals surface area contributed by atoms with Crippen LogP contribution in [-0.2, 0) is 0 Å². The second-order valence-corrected chi connectivity index (χ2v) is 14.7. The Hall–Kier alpha value is -5.88. The highest BCUT2D eigenvalue weighted by molar-refractivity contribution is 7.11. The molecule has 1 aromatic heterocycles. The Morgan fingerprint density at radius 1 is 0.759 bits per heavy atom. The summed E-state index contributed by atoms with van der Waals surface area (Å²) in [7, 11) is 3.11. The van der Waals surface area contributed by atoms with E-state index in [0.29, 0.717) is 84.0 Å². The molecule has 0 bridgehead atoms. The molecule has 4 aromatic rings. The van der Waals surface area contributed by atoms with Gasteiger partial charge in [0.15, 0.2) is 23.0 Å². The first kappa shape index (κ1) is 35.2. The van der Waals surface area contributed by atoms with E-state index in [0.717, 1.165) is 27.3 Å². The minimum atomic E-state index is -0.187. The summed E-state index contributed by atoms with van der Waals surface area (Å²) in [6, 6.07) is 19.3. The molecule has 1 N–H and O–H groups in total. The first-order chi connectivity index (χ1) is 26.3. The predicted octanol–water partition coefficient (Wildman–Crippen LogP) is 8.38. The molecule has 2 unspecified atom stereocenters. The van der Waals surface area contributed by atoms with Gasteiger partial charge >= 0.3 is 0 Å². The number of aliphatic imine (C=N–C) groups is 2. The molecule has 11 nitrogen and oxygen atoms in total. The summed E-state index contributed by atoms with van der Waals surface area (Å²) < 4.78 is 23.5. The van der Waals surface area contributed by atoms with Gasteiger partial charge in [0.05, 0.1) is 62.0 Å². The van der Waals surface area contributed by atoms with Gasteiger partial charge in [-0.3, -0.25) is 19.6 Å². The number of carbonyl (C=O) groups is 2. The van der Waals surface area contributed by atoms with Crippen molar-refractivity contribution in [1.82, 2.24) is 9.80 Å². The lowest BCUT2D eigenvalue weighted by Crippen LogP contribution is -2.32. The first-order valence-electron chi connectivity index (χ1n) is 18.0. The minimum Gasteiger partial charge on any atom is -0.493 e. The van der Waals surface area contributed by atoms with Crippen LogP contribution in [0.25, 0.3) is 11.1 Å². The van der Waals surface area contributed by atoms with E-state index >= 15 is 0 Å². The normalized spacial score (nSPS) is 18.3. The summed E-state index contributed by atoms with van der Waals surface area (Å²) in [5, 5.41) is 5.45. The Morgan fingerprint density at radius 3 is 1.83 bits per heavy atom. The molecule has 0 aliphatic carbocycles. The lowest BCUT2D eigenvalue weighted by atomic mass is 10.0. The van der Waals surface area contributed by atoms with Crippen LogP contribution in [0.15, 0.2) is 88.4 Å². The lowest BCUT2D eigenvalue weighted by Gasteiger charge is -2.19. The molecule has 0 saturated heterocycles. The Morgan fingerprint density at radius 2 is 1.31 bits per heavy atom. The van der Waals surface area contributed by atoms with Gasteiger partial charge in [0, 0.05) is 72.8 Å². The van der Waals surface area contributed by atoms with E-state index in [1.165, 1.54) is 0 Å². The zero-order valence-electron chi connectivity index (χ0n) is 30.6.